The van der Waals surface area contributed by atoms with Crippen LogP contribution in [0.4, 0.5) is 5.95 Å². The lowest BCUT2D eigenvalue weighted by Crippen LogP contribution is -2.16. The summed E-state index contributed by atoms with van der Waals surface area (Å²) in [5.41, 5.74) is 0.563. The molecule has 0 aliphatic heterocycles. The summed E-state index contributed by atoms with van der Waals surface area (Å²) in [5.74, 6) is 0.131. The van der Waals surface area contributed by atoms with E-state index in [-0.39, 0.29) is 10.8 Å². The number of benzene rings is 1. The van der Waals surface area contributed by atoms with Gasteiger partial charge in [0.1, 0.15) is 6.33 Å². The van der Waals surface area contributed by atoms with E-state index in [0.29, 0.717) is 12.0 Å². The highest BCUT2D eigenvalue weighted by molar-refractivity contribution is 7.92. The Morgan fingerprint density at radius 2 is 2.20 bits per heavy atom. The number of anilines is 1. The van der Waals surface area contributed by atoms with Gasteiger partial charge in [0.05, 0.1) is 11.0 Å². The van der Waals surface area contributed by atoms with Crippen LogP contribution < -0.4 is 4.72 Å². The van der Waals surface area contributed by atoms with E-state index in [1.165, 1.54) is 23.1 Å². The largest absolute Gasteiger partial charge is 0.388 e. The van der Waals surface area contributed by atoms with Crippen LogP contribution in [0.25, 0.3) is 0 Å². The molecule has 0 spiro atoms. The molecule has 2 N–H and O–H groups in total. The lowest BCUT2D eigenvalue weighted by Gasteiger charge is -2.11. The molecular formula is C12H16N4O3S. The van der Waals surface area contributed by atoms with Gasteiger partial charge in [-0.3, -0.25) is 0 Å². The minimum Gasteiger partial charge on any atom is -0.388 e. The van der Waals surface area contributed by atoms with Gasteiger partial charge in [-0.2, -0.15) is 10.1 Å². The summed E-state index contributed by atoms with van der Waals surface area (Å²) in [6, 6.07) is 6.20. The van der Waals surface area contributed by atoms with Crippen LogP contribution in [0.15, 0.2) is 35.5 Å². The number of aryl methyl sites for hydroxylation is 1. The number of hydrogen-bond donors (Lipinski definition) is 2. The molecule has 2 rings (SSSR count). The molecule has 0 aliphatic carbocycles. The zero-order valence-corrected chi connectivity index (χ0v) is 12.0. The maximum Gasteiger partial charge on any atom is 0.264 e. The molecule has 0 saturated heterocycles. The molecule has 0 fully saturated rings. The summed E-state index contributed by atoms with van der Waals surface area (Å²) < 4.78 is 28.2. The van der Waals surface area contributed by atoms with Gasteiger partial charge in [-0.1, -0.05) is 19.1 Å². The molecule has 1 heterocycles. The lowest BCUT2D eigenvalue weighted by atomic mass is 10.1. The van der Waals surface area contributed by atoms with Crippen LogP contribution in [0, 0.1) is 0 Å². The normalized spacial score (nSPS) is 13.2. The van der Waals surface area contributed by atoms with Gasteiger partial charge in [0, 0.05) is 7.05 Å². The third-order valence-corrected chi connectivity index (χ3v) is 4.20. The SMILES string of the molecule is CCC(O)c1cccc(S(=O)(=O)Nc2ncnn2C)c1. The number of nitrogens with one attached hydrogen (secondary N) is 1. The average molecular weight is 296 g/mol. The van der Waals surface area contributed by atoms with Crippen LogP contribution in [0.2, 0.25) is 0 Å². The molecule has 1 aromatic carbocycles. The highest BCUT2D eigenvalue weighted by atomic mass is 32.2. The molecule has 0 radical (unpaired) electrons. The van der Waals surface area contributed by atoms with E-state index in [2.05, 4.69) is 14.8 Å². The van der Waals surface area contributed by atoms with Gasteiger partial charge in [-0.25, -0.2) is 17.8 Å². The monoisotopic (exact) mass is 296 g/mol. The molecule has 0 amide bonds. The second-order valence-electron chi connectivity index (χ2n) is 4.31. The molecule has 8 heteroatoms. The van der Waals surface area contributed by atoms with E-state index in [9.17, 15) is 13.5 Å². The van der Waals surface area contributed by atoms with Crippen molar-refractivity contribution in [1.82, 2.24) is 14.8 Å². The molecule has 108 valence electrons. The van der Waals surface area contributed by atoms with Crippen molar-refractivity contribution in [3.05, 3.63) is 36.2 Å². The molecule has 1 unspecified atom stereocenters. The van der Waals surface area contributed by atoms with Gasteiger partial charge in [-0.05, 0) is 24.1 Å². The molecule has 0 aliphatic rings. The highest BCUT2D eigenvalue weighted by Crippen LogP contribution is 2.21. The number of rotatable bonds is 5. The van der Waals surface area contributed by atoms with Crippen LogP contribution >= 0.6 is 0 Å². The van der Waals surface area contributed by atoms with Crippen molar-refractivity contribution >= 4 is 16.0 Å². The Balaban J connectivity index is 2.32. The van der Waals surface area contributed by atoms with Crippen LogP contribution in [0.1, 0.15) is 25.0 Å². The van der Waals surface area contributed by atoms with Crippen LogP contribution in [0.3, 0.4) is 0 Å². The van der Waals surface area contributed by atoms with Crippen molar-refractivity contribution in [3.63, 3.8) is 0 Å². The van der Waals surface area contributed by atoms with Crippen molar-refractivity contribution in [1.29, 1.82) is 0 Å². The number of sulfonamides is 1. The molecule has 0 bridgehead atoms. The van der Waals surface area contributed by atoms with Gasteiger partial charge in [-0.15, -0.1) is 0 Å². The molecular weight excluding hydrogens is 280 g/mol. The third kappa shape index (κ3) is 2.97. The number of aliphatic hydroxyl groups excluding tert-OH is 1. The molecule has 7 nitrogen and oxygen atoms in total. The predicted molar refractivity (Wildman–Crippen MR) is 73.5 cm³/mol. The standard InChI is InChI=1S/C12H16N4O3S/c1-3-11(17)9-5-4-6-10(7-9)20(18,19)15-12-13-8-14-16(12)2/h4-8,11,17H,3H2,1-2H3,(H,13,14,15). The second kappa shape index (κ2) is 5.59. The fourth-order valence-electron chi connectivity index (χ4n) is 1.69. The van der Waals surface area contributed by atoms with E-state index >= 15 is 0 Å². The predicted octanol–water partition coefficient (Wildman–Crippen LogP) is 1.06. The van der Waals surface area contributed by atoms with Crippen LogP contribution in [-0.2, 0) is 17.1 Å². The van der Waals surface area contributed by atoms with Crippen molar-refractivity contribution in [2.45, 2.75) is 24.3 Å². The maximum atomic E-state index is 12.2. The number of nitrogens with zero attached hydrogens (tertiary/aromatic N) is 3. The quantitative estimate of drug-likeness (QED) is 0.860. The Hall–Kier alpha value is -1.93. The first kappa shape index (κ1) is 14.5. The summed E-state index contributed by atoms with van der Waals surface area (Å²) in [7, 11) is -2.17. The first-order valence-electron chi connectivity index (χ1n) is 6.09. The number of hydrogen-bond acceptors (Lipinski definition) is 5. The zero-order valence-electron chi connectivity index (χ0n) is 11.2. The van der Waals surface area contributed by atoms with Crippen molar-refractivity contribution in [3.8, 4) is 0 Å². The van der Waals surface area contributed by atoms with Crippen molar-refractivity contribution < 1.29 is 13.5 Å². The Kier molecular flexibility index (Phi) is 4.05. The molecule has 1 atom stereocenters. The molecule has 20 heavy (non-hydrogen) atoms. The first-order chi connectivity index (χ1) is 9.44. The van der Waals surface area contributed by atoms with E-state index in [4.69, 9.17) is 0 Å². The van der Waals surface area contributed by atoms with Gasteiger partial charge >= 0.3 is 0 Å². The van der Waals surface area contributed by atoms with Crippen LogP contribution in [0.5, 0.6) is 0 Å². The molecule has 2 aromatic rings. The van der Waals surface area contributed by atoms with E-state index < -0.39 is 16.1 Å². The van der Waals surface area contributed by atoms with Crippen LogP contribution in [-0.4, -0.2) is 28.3 Å². The number of aliphatic hydroxyl groups is 1. The lowest BCUT2D eigenvalue weighted by molar-refractivity contribution is 0.173. The topological polar surface area (TPSA) is 97.1 Å². The Bertz CT molecular complexity index is 696. The first-order valence-corrected chi connectivity index (χ1v) is 7.57. The Morgan fingerprint density at radius 1 is 1.45 bits per heavy atom. The third-order valence-electron chi connectivity index (χ3n) is 2.88. The highest BCUT2D eigenvalue weighted by Gasteiger charge is 2.18. The van der Waals surface area contributed by atoms with Gasteiger partial charge in [0.25, 0.3) is 10.0 Å². The van der Waals surface area contributed by atoms with E-state index in [1.54, 1.807) is 19.2 Å². The zero-order chi connectivity index (χ0) is 14.8. The van der Waals surface area contributed by atoms with Crippen molar-refractivity contribution in [2.24, 2.45) is 7.05 Å². The second-order valence-corrected chi connectivity index (χ2v) is 5.99. The van der Waals surface area contributed by atoms with Gasteiger partial charge in [0.2, 0.25) is 5.95 Å². The summed E-state index contributed by atoms with van der Waals surface area (Å²) in [6.45, 7) is 1.82. The minimum absolute atomic E-state index is 0.0745. The summed E-state index contributed by atoms with van der Waals surface area (Å²) >= 11 is 0. The fraction of sp³-hybridized carbons (Fsp3) is 0.333. The van der Waals surface area contributed by atoms with Gasteiger partial charge in [0.15, 0.2) is 0 Å². The molecule has 0 saturated carbocycles. The van der Waals surface area contributed by atoms with Gasteiger partial charge < -0.3 is 5.11 Å². The number of aromatic nitrogens is 3. The minimum atomic E-state index is -3.75. The van der Waals surface area contributed by atoms with E-state index in [1.807, 2.05) is 6.92 Å². The Morgan fingerprint density at radius 3 is 2.80 bits per heavy atom. The molecule has 1 aromatic heterocycles. The summed E-state index contributed by atoms with van der Waals surface area (Å²) in [4.78, 5) is 3.89. The summed E-state index contributed by atoms with van der Waals surface area (Å²) in [6.07, 6.45) is 1.09. The average Bonchev–Trinajstić information content (AvgIpc) is 2.83. The van der Waals surface area contributed by atoms with Crippen molar-refractivity contribution in [2.75, 3.05) is 4.72 Å². The summed E-state index contributed by atoms with van der Waals surface area (Å²) in [5, 5.41) is 13.6. The maximum absolute atomic E-state index is 12.2. The smallest absolute Gasteiger partial charge is 0.264 e. The fourth-order valence-corrected chi connectivity index (χ4v) is 2.78. The Labute approximate surface area is 117 Å². The van der Waals surface area contributed by atoms with E-state index in [0.717, 1.165) is 0 Å².